The normalized spacial score (nSPS) is 19.3. The Kier molecular flexibility index (Phi) is 5.39. The minimum absolute atomic E-state index is 0.126. The van der Waals surface area contributed by atoms with E-state index in [9.17, 15) is 18.4 Å². The Morgan fingerprint density at radius 1 is 1.10 bits per heavy atom. The van der Waals surface area contributed by atoms with Gasteiger partial charge in [0.25, 0.3) is 5.91 Å². The van der Waals surface area contributed by atoms with Gasteiger partial charge in [-0.25, -0.2) is 23.8 Å². The number of anilines is 1. The Hall–Kier alpha value is -3.43. The first kappa shape index (κ1) is 19.9. The highest BCUT2D eigenvalue weighted by Crippen LogP contribution is 2.33. The second-order valence-corrected chi connectivity index (χ2v) is 7.30. The Labute approximate surface area is 171 Å². The highest BCUT2D eigenvalue weighted by atomic mass is 19.1. The summed E-state index contributed by atoms with van der Waals surface area (Å²) < 4.78 is 27.8. The number of aromatic nitrogens is 2. The van der Waals surface area contributed by atoms with E-state index < -0.39 is 23.6 Å². The number of nitrogens with zero attached hydrogens (tertiary/aromatic N) is 5. The lowest BCUT2D eigenvalue weighted by molar-refractivity contribution is -0.138. The quantitative estimate of drug-likeness (QED) is 0.824. The molecular weight excluding hydrogens is 394 g/mol. The van der Waals surface area contributed by atoms with Crippen LogP contribution in [0.1, 0.15) is 41.2 Å². The van der Waals surface area contributed by atoms with E-state index in [1.54, 1.807) is 6.21 Å². The molecule has 1 saturated heterocycles. The summed E-state index contributed by atoms with van der Waals surface area (Å²) in [4.78, 5) is 34.4. The monoisotopic (exact) mass is 414 g/mol. The molecule has 1 atom stereocenters. The average molecular weight is 414 g/mol. The van der Waals surface area contributed by atoms with E-state index in [-0.39, 0.29) is 23.0 Å². The van der Waals surface area contributed by atoms with Gasteiger partial charge in [0.2, 0.25) is 11.9 Å². The minimum Gasteiger partial charge on any atom is -0.366 e. The van der Waals surface area contributed by atoms with E-state index >= 15 is 0 Å². The first-order valence-electron chi connectivity index (χ1n) is 9.61. The average Bonchev–Trinajstić information content (AvgIpc) is 3.25. The molecule has 10 heteroatoms. The van der Waals surface area contributed by atoms with Crippen molar-refractivity contribution in [2.24, 2.45) is 16.8 Å². The Balaban J connectivity index is 1.42. The predicted octanol–water partition coefficient (Wildman–Crippen LogP) is 2.03. The lowest BCUT2D eigenvalue weighted by Crippen LogP contribution is -2.41. The first-order valence-corrected chi connectivity index (χ1v) is 9.61. The SMILES string of the molecule is NC(=O)c1cnc(N2CCC(C(=O)N3N=CC[C@H]3c3cc(F)ccc3F)CC2)nc1. The highest BCUT2D eigenvalue weighted by Gasteiger charge is 2.36. The van der Waals surface area contributed by atoms with Gasteiger partial charge in [0, 0.05) is 49.6 Å². The number of rotatable bonds is 4. The third kappa shape index (κ3) is 3.85. The van der Waals surface area contributed by atoms with E-state index in [1.807, 2.05) is 4.90 Å². The molecule has 0 bridgehead atoms. The summed E-state index contributed by atoms with van der Waals surface area (Å²) in [6.45, 7) is 1.09. The van der Waals surface area contributed by atoms with Crippen LogP contribution in [0.4, 0.5) is 14.7 Å². The smallest absolute Gasteiger partial charge is 0.251 e. The molecule has 4 rings (SSSR count). The Morgan fingerprint density at radius 2 is 1.80 bits per heavy atom. The van der Waals surface area contributed by atoms with E-state index in [1.165, 1.54) is 17.4 Å². The number of amides is 2. The van der Waals surface area contributed by atoms with Crippen molar-refractivity contribution in [2.75, 3.05) is 18.0 Å². The number of nitrogens with two attached hydrogens (primary N) is 1. The molecule has 2 amide bonds. The van der Waals surface area contributed by atoms with Crippen LogP contribution in [-0.4, -0.2) is 46.1 Å². The van der Waals surface area contributed by atoms with Crippen LogP contribution in [0.15, 0.2) is 35.7 Å². The zero-order valence-electron chi connectivity index (χ0n) is 16.0. The van der Waals surface area contributed by atoms with Crippen LogP contribution >= 0.6 is 0 Å². The number of piperidine rings is 1. The molecule has 0 saturated carbocycles. The summed E-state index contributed by atoms with van der Waals surface area (Å²) in [5.41, 5.74) is 5.55. The van der Waals surface area contributed by atoms with Crippen LogP contribution in [0.2, 0.25) is 0 Å². The predicted molar refractivity (Wildman–Crippen MR) is 105 cm³/mol. The van der Waals surface area contributed by atoms with Crippen molar-refractivity contribution in [3.63, 3.8) is 0 Å². The molecule has 2 aromatic rings. The van der Waals surface area contributed by atoms with Crippen molar-refractivity contribution in [1.29, 1.82) is 0 Å². The van der Waals surface area contributed by atoms with Crippen molar-refractivity contribution in [3.05, 3.63) is 53.4 Å². The molecule has 8 nitrogen and oxygen atoms in total. The molecule has 0 unspecified atom stereocenters. The van der Waals surface area contributed by atoms with Gasteiger partial charge in [-0.3, -0.25) is 9.59 Å². The molecule has 2 aliphatic heterocycles. The van der Waals surface area contributed by atoms with Crippen molar-refractivity contribution in [3.8, 4) is 0 Å². The standard InChI is InChI=1S/C20H20F2N6O2/c21-14-1-2-16(22)15(9-14)17-3-6-26-28(17)19(30)12-4-7-27(8-5-12)20-24-10-13(11-25-20)18(23)29/h1-2,6,9-12,17H,3-5,7-8H2,(H2,23,29)/t17-/m0/s1. The molecule has 3 heterocycles. The molecule has 2 aliphatic rings. The van der Waals surface area contributed by atoms with E-state index in [2.05, 4.69) is 15.1 Å². The van der Waals surface area contributed by atoms with Crippen LogP contribution in [-0.2, 0) is 4.79 Å². The number of benzene rings is 1. The van der Waals surface area contributed by atoms with Gasteiger partial charge in [-0.15, -0.1) is 0 Å². The number of hydrazone groups is 1. The molecule has 0 spiro atoms. The summed E-state index contributed by atoms with van der Waals surface area (Å²) in [6, 6.07) is 2.59. The Bertz CT molecular complexity index is 989. The Morgan fingerprint density at radius 3 is 2.47 bits per heavy atom. The van der Waals surface area contributed by atoms with Crippen LogP contribution < -0.4 is 10.6 Å². The van der Waals surface area contributed by atoms with Gasteiger partial charge < -0.3 is 10.6 Å². The number of primary amides is 1. The van der Waals surface area contributed by atoms with Gasteiger partial charge in [-0.2, -0.15) is 5.10 Å². The molecular formula is C20H20F2N6O2. The number of hydrogen-bond donors (Lipinski definition) is 1. The maximum absolute atomic E-state index is 14.2. The summed E-state index contributed by atoms with van der Waals surface area (Å²) in [7, 11) is 0. The molecule has 1 aromatic carbocycles. The third-order valence-electron chi connectivity index (χ3n) is 5.42. The number of halogens is 2. The van der Waals surface area contributed by atoms with Crippen molar-refractivity contribution >= 4 is 24.0 Å². The number of hydrogen-bond acceptors (Lipinski definition) is 6. The second kappa shape index (κ2) is 8.13. The fraction of sp³-hybridized carbons (Fsp3) is 0.350. The molecule has 1 aromatic heterocycles. The topological polar surface area (TPSA) is 105 Å². The van der Waals surface area contributed by atoms with Gasteiger partial charge in [0.15, 0.2) is 0 Å². The van der Waals surface area contributed by atoms with E-state index in [0.29, 0.717) is 38.3 Å². The molecule has 156 valence electrons. The van der Waals surface area contributed by atoms with E-state index in [4.69, 9.17) is 5.73 Å². The lowest BCUT2D eigenvalue weighted by atomic mass is 9.94. The molecule has 0 radical (unpaired) electrons. The fourth-order valence-electron chi connectivity index (χ4n) is 3.78. The maximum Gasteiger partial charge on any atom is 0.251 e. The second-order valence-electron chi connectivity index (χ2n) is 7.30. The van der Waals surface area contributed by atoms with Crippen LogP contribution in [0.5, 0.6) is 0 Å². The van der Waals surface area contributed by atoms with Gasteiger partial charge in [-0.05, 0) is 31.0 Å². The van der Waals surface area contributed by atoms with E-state index in [0.717, 1.165) is 18.2 Å². The lowest BCUT2D eigenvalue weighted by Gasteiger charge is -2.33. The minimum atomic E-state index is -0.643. The number of carbonyl (C=O) groups is 2. The third-order valence-corrected chi connectivity index (χ3v) is 5.42. The maximum atomic E-state index is 14.2. The van der Waals surface area contributed by atoms with Gasteiger partial charge >= 0.3 is 0 Å². The molecule has 30 heavy (non-hydrogen) atoms. The van der Waals surface area contributed by atoms with Gasteiger partial charge in [0.1, 0.15) is 11.6 Å². The molecule has 1 fully saturated rings. The van der Waals surface area contributed by atoms with Crippen LogP contribution in [0, 0.1) is 17.6 Å². The summed E-state index contributed by atoms with van der Waals surface area (Å²) in [6.07, 6.45) is 5.73. The van der Waals surface area contributed by atoms with Crippen LogP contribution in [0.25, 0.3) is 0 Å². The van der Waals surface area contributed by atoms with Gasteiger partial charge in [0.05, 0.1) is 11.6 Å². The molecule has 2 N–H and O–H groups in total. The number of carbonyl (C=O) groups excluding carboxylic acids is 2. The first-order chi connectivity index (χ1) is 14.4. The van der Waals surface area contributed by atoms with Crippen LogP contribution in [0.3, 0.4) is 0 Å². The van der Waals surface area contributed by atoms with Crippen molar-refractivity contribution in [1.82, 2.24) is 15.0 Å². The largest absolute Gasteiger partial charge is 0.366 e. The fourth-order valence-corrected chi connectivity index (χ4v) is 3.78. The molecule has 0 aliphatic carbocycles. The van der Waals surface area contributed by atoms with Gasteiger partial charge in [-0.1, -0.05) is 0 Å². The summed E-state index contributed by atoms with van der Waals surface area (Å²) in [5.74, 6) is -1.74. The highest BCUT2D eigenvalue weighted by molar-refractivity contribution is 5.92. The summed E-state index contributed by atoms with van der Waals surface area (Å²) in [5, 5.41) is 5.40. The zero-order valence-corrected chi connectivity index (χ0v) is 16.0. The zero-order chi connectivity index (χ0) is 21.3. The summed E-state index contributed by atoms with van der Waals surface area (Å²) >= 11 is 0. The van der Waals surface area contributed by atoms with Crippen molar-refractivity contribution in [2.45, 2.75) is 25.3 Å². The van der Waals surface area contributed by atoms with Crippen molar-refractivity contribution < 1.29 is 18.4 Å².